The van der Waals surface area contributed by atoms with Crippen LogP contribution in [0.5, 0.6) is 0 Å². The van der Waals surface area contributed by atoms with Gasteiger partial charge in [-0.1, -0.05) is 0 Å². The van der Waals surface area contributed by atoms with Gasteiger partial charge in [0.2, 0.25) is 0 Å². The zero-order chi connectivity index (χ0) is 20.4. The Morgan fingerprint density at radius 1 is 1.33 bits per heavy atom. The van der Waals surface area contributed by atoms with Crippen LogP contribution in [0.15, 0.2) is 6.20 Å². The van der Waals surface area contributed by atoms with Crippen LogP contribution in [-0.4, -0.2) is 75.0 Å². The number of nitrogens with zero attached hydrogens (tertiary/aromatic N) is 3. The molecule has 0 aromatic carbocycles. The summed E-state index contributed by atoms with van der Waals surface area (Å²) in [6, 6.07) is 0. The van der Waals surface area contributed by atoms with Crippen LogP contribution in [-0.2, 0) is 32.7 Å². The molecule has 1 aromatic heterocycles. The molecule has 2 aliphatic rings. The molecule has 1 aromatic rings. The molecule has 0 aliphatic carbocycles. The molecule has 1 spiro atoms. The summed E-state index contributed by atoms with van der Waals surface area (Å²) in [6.07, 6.45) is 3.59. The Morgan fingerprint density at radius 3 is 2.33 bits per heavy atom. The first kappa shape index (κ1) is 22.6. The summed E-state index contributed by atoms with van der Waals surface area (Å²) >= 11 is 0. The summed E-state index contributed by atoms with van der Waals surface area (Å²) in [5.41, 5.74) is 1.03. The van der Waals surface area contributed by atoms with Crippen molar-refractivity contribution in [3.8, 4) is 0 Å². The quantitative estimate of drug-likeness (QED) is 0.632. The predicted octanol–water partition coefficient (Wildman–Crippen LogP) is 0.443. The lowest BCUT2D eigenvalue weighted by molar-refractivity contribution is -0.147. The van der Waals surface area contributed by atoms with Crippen molar-refractivity contribution < 1.29 is 34.4 Å². The first-order valence-electron chi connectivity index (χ1n) is 8.51. The fourth-order valence-electron chi connectivity index (χ4n) is 3.74. The summed E-state index contributed by atoms with van der Waals surface area (Å²) in [7, 11) is 2.01. The van der Waals surface area contributed by atoms with E-state index < -0.39 is 5.97 Å². The normalized spacial score (nSPS) is 20.7. The van der Waals surface area contributed by atoms with E-state index in [4.69, 9.17) is 24.5 Å². The molecule has 0 saturated carbocycles. The summed E-state index contributed by atoms with van der Waals surface area (Å²) < 4.78 is 7.51. The van der Waals surface area contributed by atoms with E-state index in [0.717, 1.165) is 37.4 Å². The highest BCUT2D eigenvalue weighted by Gasteiger charge is 2.50. The third-order valence-electron chi connectivity index (χ3n) is 5.21. The number of imidazole rings is 1. The lowest BCUT2D eigenvalue weighted by Crippen LogP contribution is -2.40. The molecule has 152 valence electrons. The Balaban J connectivity index is 0.000000540. The first-order chi connectivity index (χ1) is 12.8. The van der Waals surface area contributed by atoms with Crippen molar-refractivity contribution >= 4 is 18.9 Å². The Labute approximate surface area is 157 Å². The number of carboxylic acids is 1. The highest BCUT2D eigenvalue weighted by molar-refractivity contribution is 5.72. The molecule has 27 heavy (non-hydrogen) atoms. The second-order valence-corrected chi connectivity index (χ2v) is 6.60. The van der Waals surface area contributed by atoms with E-state index in [9.17, 15) is 9.90 Å². The van der Waals surface area contributed by atoms with Gasteiger partial charge >= 0.3 is 5.97 Å². The summed E-state index contributed by atoms with van der Waals surface area (Å²) in [6.45, 7) is 5.08. The van der Waals surface area contributed by atoms with Gasteiger partial charge in [0.15, 0.2) is 0 Å². The standard InChI is InChI=1S/C15H23N3O3.2CH2O2/c1-11-16-7-12(17(11)2)8-18-9-13(14(19)20)15(10-18)3-5-21-6-4-15;2*2-1-3/h7,13H,3-6,8-10H2,1-2H3,(H,19,20);2*1H,(H,2,3). The Hall–Kier alpha value is -2.46. The summed E-state index contributed by atoms with van der Waals surface area (Å²) in [4.78, 5) is 35.0. The second kappa shape index (κ2) is 10.6. The van der Waals surface area contributed by atoms with Gasteiger partial charge in [-0.05, 0) is 19.8 Å². The minimum Gasteiger partial charge on any atom is -0.483 e. The molecule has 0 radical (unpaired) electrons. The number of ether oxygens (including phenoxy) is 1. The van der Waals surface area contributed by atoms with Crippen LogP contribution in [0.2, 0.25) is 0 Å². The van der Waals surface area contributed by atoms with E-state index in [2.05, 4.69) is 14.5 Å². The predicted molar refractivity (Wildman–Crippen MR) is 94.2 cm³/mol. The van der Waals surface area contributed by atoms with Gasteiger partial charge in [-0.2, -0.15) is 0 Å². The summed E-state index contributed by atoms with van der Waals surface area (Å²) in [5, 5.41) is 23.4. The van der Waals surface area contributed by atoms with Gasteiger partial charge in [0.05, 0.1) is 11.6 Å². The molecule has 1 atom stereocenters. The number of aromatic nitrogens is 2. The van der Waals surface area contributed by atoms with Crippen LogP contribution in [0.4, 0.5) is 0 Å². The molecule has 10 heteroatoms. The van der Waals surface area contributed by atoms with Crippen molar-refractivity contribution in [1.82, 2.24) is 14.5 Å². The van der Waals surface area contributed by atoms with E-state index in [0.29, 0.717) is 19.8 Å². The van der Waals surface area contributed by atoms with Gasteiger partial charge in [-0.3, -0.25) is 19.3 Å². The lowest BCUT2D eigenvalue weighted by atomic mass is 9.72. The molecular formula is C17H27N3O7. The van der Waals surface area contributed by atoms with E-state index in [-0.39, 0.29) is 24.3 Å². The van der Waals surface area contributed by atoms with Crippen molar-refractivity contribution in [2.24, 2.45) is 18.4 Å². The minimum atomic E-state index is -0.666. The Bertz CT molecular complexity index is 620. The maximum atomic E-state index is 11.7. The average Bonchev–Trinajstić information content (AvgIpc) is 3.12. The Morgan fingerprint density at radius 2 is 1.89 bits per heavy atom. The first-order valence-corrected chi connectivity index (χ1v) is 8.51. The number of aliphatic carboxylic acids is 1. The Kier molecular flexibility index (Phi) is 8.89. The largest absolute Gasteiger partial charge is 0.483 e. The molecule has 1 unspecified atom stereocenters. The SMILES string of the molecule is Cc1ncc(CN2CC(C(=O)O)C3(CCOCC3)C2)n1C.O=CO.O=CO. The zero-order valence-electron chi connectivity index (χ0n) is 15.6. The molecule has 10 nitrogen and oxygen atoms in total. The molecule has 2 saturated heterocycles. The highest BCUT2D eigenvalue weighted by atomic mass is 16.5. The van der Waals surface area contributed by atoms with Crippen LogP contribution < -0.4 is 0 Å². The third-order valence-corrected chi connectivity index (χ3v) is 5.21. The van der Waals surface area contributed by atoms with Crippen LogP contribution in [0.25, 0.3) is 0 Å². The van der Waals surface area contributed by atoms with E-state index >= 15 is 0 Å². The molecule has 0 bridgehead atoms. The van der Waals surface area contributed by atoms with Gasteiger partial charge in [0.1, 0.15) is 5.82 Å². The monoisotopic (exact) mass is 385 g/mol. The van der Waals surface area contributed by atoms with Crippen LogP contribution >= 0.6 is 0 Å². The molecule has 0 amide bonds. The minimum absolute atomic E-state index is 0.113. The van der Waals surface area contributed by atoms with Crippen molar-refractivity contribution in [2.75, 3.05) is 26.3 Å². The smallest absolute Gasteiger partial charge is 0.308 e. The number of aryl methyl sites for hydroxylation is 1. The second-order valence-electron chi connectivity index (χ2n) is 6.60. The van der Waals surface area contributed by atoms with Gasteiger partial charge in [-0.15, -0.1) is 0 Å². The topological polar surface area (TPSA) is 142 Å². The molecule has 2 aliphatic heterocycles. The molecule has 3 heterocycles. The van der Waals surface area contributed by atoms with Gasteiger partial charge < -0.3 is 24.6 Å². The fourth-order valence-corrected chi connectivity index (χ4v) is 3.74. The maximum absolute atomic E-state index is 11.7. The molecule has 2 fully saturated rings. The summed E-state index contributed by atoms with van der Waals surface area (Å²) in [5.74, 6) is 0.0380. The third kappa shape index (κ3) is 5.76. The zero-order valence-corrected chi connectivity index (χ0v) is 15.6. The number of carbonyl (C=O) groups is 3. The number of hydrogen-bond donors (Lipinski definition) is 3. The average molecular weight is 385 g/mol. The van der Waals surface area contributed by atoms with E-state index in [1.165, 1.54) is 0 Å². The van der Waals surface area contributed by atoms with Crippen molar-refractivity contribution in [1.29, 1.82) is 0 Å². The number of likely N-dealkylation sites (tertiary alicyclic amines) is 1. The van der Waals surface area contributed by atoms with Gasteiger partial charge in [0, 0.05) is 51.5 Å². The highest BCUT2D eigenvalue weighted by Crippen LogP contribution is 2.44. The van der Waals surface area contributed by atoms with Crippen molar-refractivity contribution in [3.05, 3.63) is 17.7 Å². The number of hydrogen-bond acceptors (Lipinski definition) is 6. The van der Waals surface area contributed by atoms with Crippen molar-refractivity contribution in [3.63, 3.8) is 0 Å². The van der Waals surface area contributed by atoms with Crippen LogP contribution in [0.1, 0.15) is 24.4 Å². The number of rotatable bonds is 3. The van der Waals surface area contributed by atoms with Crippen molar-refractivity contribution in [2.45, 2.75) is 26.3 Å². The maximum Gasteiger partial charge on any atom is 0.308 e. The fraction of sp³-hybridized carbons (Fsp3) is 0.647. The van der Waals surface area contributed by atoms with Crippen LogP contribution in [0.3, 0.4) is 0 Å². The molecule has 3 rings (SSSR count). The molecular weight excluding hydrogens is 358 g/mol. The number of carboxylic acid groups (broad SMARTS) is 3. The van der Waals surface area contributed by atoms with Gasteiger partial charge in [0.25, 0.3) is 12.9 Å². The van der Waals surface area contributed by atoms with E-state index in [1.54, 1.807) is 0 Å². The lowest BCUT2D eigenvalue weighted by Gasteiger charge is -2.36. The van der Waals surface area contributed by atoms with Crippen LogP contribution in [0, 0.1) is 18.3 Å². The molecule has 3 N–H and O–H groups in total. The van der Waals surface area contributed by atoms with Gasteiger partial charge in [-0.25, -0.2) is 4.98 Å². The van der Waals surface area contributed by atoms with E-state index in [1.807, 2.05) is 20.2 Å².